The Hall–Kier alpha value is -3.93. The van der Waals surface area contributed by atoms with Crippen molar-refractivity contribution in [3.63, 3.8) is 0 Å². The molecular formula is C23H16F9N3O3. The van der Waals surface area contributed by atoms with Crippen LogP contribution < -0.4 is 10.1 Å². The fourth-order valence-electron chi connectivity index (χ4n) is 3.61. The van der Waals surface area contributed by atoms with Gasteiger partial charge >= 0.3 is 18.7 Å². The zero-order chi connectivity index (χ0) is 28.5. The SMILES string of the molecule is N#Cc1ccc2c(c1)cc(C(=O)NCCC(O)(C(F)(F)F)C(F)(F)F)n2Cc1cccc(OC(F)(F)F)c1. The molecule has 3 rings (SSSR count). The van der Waals surface area contributed by atoms with Gasteiger partial charge in [-0.25, -0.2) is 0 Å². The van der Waals surface area contributed by atoms with Crippen molar-refractivity contribution in [1.82, 2.24) is 9.88 Å². The molecule has 0 spiro atoms. The predicted molar refractivity (Wildman–Crippen MR) is 113 cm³/mol. The summed E-state index contributed by atoms with van der Waals surface area (Å²) in [5.74, 6) is -1.70. The highest BCUT2D eigenvalue weighted by molar-refractivity contribution is 5.99. The van der Waals surface area contributed by atoms with Crippen LogP contribution in [-0.4, -0.2) is 46.4 Å². The number of rotatable bonds is 7. The number of carbonyl (C=O) groups excluding carboxylic acids is 1. The van der Waals surface area contributed by atoms with Crippen LogP contribution in [0.1, 0.15) is 28.0 Å². The van der Waals surface area contributed by atoms with E-state index in [-0.39, 0.29) is 23.4 Å². The molecule has 2 aromatic carbocycles. The lowest BCUT2D eigenvalue weighted by Crippen LogP contribution is -2.58. The molecule has 204 valence electrons. The number of aromatic nitrogens is 1. The van der Waals surface area contributed by atoms with E-state index < -0.39 is 48.9 Å². The molecule has 1 aromatic heterocycles. The van der Waals surface area contributed by atoms with Crippen LogP contribution in [0.3, 0.4) is 0 Å². The smallest absolute Gasteiger partial charge is 0.406 e. The summed E-state index contributed by atoms with van der Waals surface area (Å²) in [5, 5.41) is 20.6. The Bertz CT molecular complexity index is 1350. The predicted octanol–water partition coefficient (Wildman–Crippen LogP) is 5.44. The fourth-order valence-corrected chi connectivity index (χ4v) is 3.61. The summed E-state index contributed by atoms with van der Waals surface area (Å²) >= 11 is 0. The number of amides is 1. The van der Waals surface area contributed by atoms with Crippen molar-refractivity contribution in [2.45, 2.75) is 37.3 Å². The molecule has 0 aliphatic carbocycles. The minimum absolute atomic E-state index is 0.169. The summed E-state index contributed by atoms with van der Waals surface area (Å²) in [7, 11) is 0. The fraction of sp³-hybridized carbons (Fsp3) is 0.304. The van der Waals surface area contributed by atoms with Gasteiger partial charge in [-0.3, -0.25) is 4.79 Å². The second-order valence-electron chi connectivity index (χ2n) is 8.06. The molecule has 3 aromatic rings. The summed E-state index contributed by atoms with van der Waals surface area (Å²) in [5.41, 5.74) is -4.69. The van der Waals surface area contributed by atoms with E-state index in [0.29, 0.717) is 10.9 Å². The van der Waals surface area contributed by atoms with Crippen LogP contribution in [0.2, 0.25) is 0 Å². The summed E-state index contributed by atoms with van der Waals surface area (Å²) in [6.07, 6.45) is -19.0. The molecule has 38 heavy (non-hydrogen) atoms. The molecule has 0 unspecified atom stereocenters. The number of hydrogen-bond donors (Lipinski definition) is 2. The van der Waals surface area contributed by atoms with Crippen LogP contribution in [0.25, 0.3) is 10.9 Å². The summed E-state index contributed by atoms with van der Waals surface area (Å²) < 4.78 is 120. The molecule has 6 nitrogen and oxygen atoms in total. The third-order valence-electron chi connectivity index (χ3n) is 5.45. The zero-order valence-corrected chi connectivity index (χ0v) is 18.8. The van der Waals surface area contributed by atoms with Gasteiger partial charge in [-0.2, -0.15) is 31.6 Å². The number of hydrogen-bond acceptors (Lipinski definition) is 4. The first-order chi connectivity index (χ1) is 17.4. The van der Waals surface area contributed by atoms with E-state index in [1.54, 1.807) is 0 Å². The molecule has 1 heterocycles. The van der Waals surface area contributed by atoms with Gasteiger partial charge in [-0.15, -0.1) is 13.2 Å². The Morgan fingerprint density at radius 3 is 2.21 bits per heavy atom. The minimum Gasteiger partial charge on any atom is -0.406 e. The van der Waals surface area contributed by atoms with Gasteiger partial charge < -0.3 is 19.7 Å². The summed E-state index contributed by atoms with van der Waals surface area (Å²) in [4.78, 5) is 12.8. The normalized spacial score (nSPS) is 12.9. The van der Waals surface area contributed by atoms with Gasteiger partial charge in [0.25, 0.3) is 11.5 Å². The molecule has 0 aliphatic rings. The van der Waals surface area contributed by atoms with E-state index in [0.717, 1.165) is 12.1 Å². The number of nitriles is 1. The van der Waals surface area contributed by atoms with Crippen LogP contribution in [0.15, 0.2) is 48.5 Å². The Labute approximate surface area is 207 Å². The highest BCUT2D eigenvalue weighted by atomic mass is 19.4. The first kappa shape index (κ1) is 28.6. The minimum atomic E-state index is -6.07. The number of ether oxygens (including phenoxy) is 1. The van der Waals surface area contributed by atoms with Gasteiger partial charge in [0.1, 0.15) is 11.4 Å². The molecule has 2 N–H and O–H groups in total. The van der Waals surface area contributed by atoms with Crippen molar-refractivity contribution in [2.24, 2.45) is 0 Å². The van der Waals surface area contributed by atoms with E-state index in [1.165, 1.54) is 41.0 Å². The first-order valence-electron chi connectivity index (χ1n) is 10.5. The maximum atomic E-state index is 12.9. The average molecular weight is 553 g/mol. The molecule has 0 fully saturated rings. The highest BCUT2D eigenvalue weighted by Crippen LogP contribution is 2.45. The van der Waals surface area contributed by atoms with Crippen LogP contribution in [0, 0.1) is 11.3 Å². The van der Waals surface area contributed by atoms with Crippen molar-refractivity contribution in [3.8, 4) is 11.8 Å². The Morgan fingerprint density at radius 1 is 0.974 bits per heavy atom. The third-order valence-corrected chi connectivity index (χ3v) is 5.45. The van der Waals surface area contributed by atoms with Crippen molar-refractivity contribution >= 4 is 16.8 Å². The number of fused-ring (bicyclic) bond motifs is 1. The average Bonchev–Trinajstić information content (AvgIpc) is 3.14. The highest BCUT2D eigenvalue weighted by Gasteiger charge is 2.69. The number of benzene rings is 2. The molecule has 0 saturated carbocycles. The zero-order valence-electron chi connectivity index (χ0n) is 18.8. The second kappa shape index (κ2) is 10.1. The molecule has 15 heteroatoms. The Balaban J connectivity index is 1.93. The van der Waals surface area contributed by atoms with Gasteiger partial charge in [0.05, 0.1) is 11.6 Å². The van der Waals surface area contributed by atoms with Gasteiger partial charge in [-0.1, -0.05) is 12.1 Å². The summed E-state index contributed by atoms with van der Waals surface area (Å²) in [6.45, 7) is -1.49. The molecular weight excluding hydrogens is 537 g/mol. The molecule has 0 bridgehead atoms. The topological polar surface area (TPSA) is 87.3 Å². The van der Waals surface area contributed by atoms with Crippen molar-refractivity contribution in [1.29, 1.82) is 5.26 Å². The molecule has 0 atom stereocenters. The third kappa shape index (κ3) is 6.13. The number of halogens is 9. The standard InChI is InChI=1S/C23H16F9N3O3/c24-21(25,26)20(37,22(27,28)29)6-7-34-19(36)18-10-15-8-13(11-33)4-5-17(15)35(18)12-14-2-1-3-16(9-14)38-23(30,31)32/h1-5,8-10,37H,6-7,12H2,(H,34,36). The largest absolute Gasteiger partial charge is 0.573 e. The Morgan fingerprint density at radius 2 is 1.63 bits per heavy atom. The van der Waals surface area contributed by atoms with Gasteiger partial charge in [0, 0.05) is 30.4 Å². The number of nitrogens with zero attached hydrogens (tertiary/aromatic N) is 2. The molecule has 0 radical (unpaired) electrons. The van der Waals surface area contributed by atoms with Crippen LogP contribution in [-0.2, 0) is 6.54 Å². The van der Waals surface area contributed by atoms with Crippen LogP contribution in [0.5, 0.6) is 5.75 Å². The van der Waals surface area contributed by atoms with Crippen LogP contribution in [0.4, 0.5) is 39.5 Å². The van der Waals surface area contributed by atoms with Gasteiger partial charge in [-0.05, 0) is 42.0 Å². The molecule has 0 saturated heterocycles. The van der Waals surface area contributed by atoms with Crippen molar-refractivity contribution < 1.29 is 54.2 Å². The van der Waals surface area contributed by atoms with Crippen molar-refractivity contribution in [3.05, 3.63) is 65.4 Å². The van der Waals surface area contributed by atoms with Crippen LogP contribution >= 0.6 is 0 Å². The Kier molecular flexibility index (Phi) is 7.60. The van der Waals surface area contributed by atoms with Crippen molar-refractivity contribution in [2.75, 3.05) is 6.54 Å². The molecule has 1 amide bonds. The maximum absolute atomic E-state index is 12.9. The lowest BCUT2D eigenvalue weighted by Gasteiger charge is -2.32. The monoisotopic (exact) mass is 553 g/mol. The van der Waals surface area contributed by atoms with Gasteiger partial charge in [0.15, 0.2) is 0 Å². The lowest BCUT2D eigenvalue weighted by atomic mass is 9.98. The number of aliphatic hydroxyl groups is 1. The quantitative estimate of drug-likeness (QED) is 0.382. The second-order valence-corrected chi connectivity index (χ2v) is 8.06. The maximum Gasteiger partial charge on any atom is 0.573 e. The van der Waals surface area contributed by atoms with E-state index in [4.69, 9.17) is 5.26 Å². The van der Waals surface area contributed by atoms with Gasteiger partial charge in [0.2, 0.25) is 0 Å². The number of nitrogens with one attached hydrogen (secondary N) is 1. The van der Waals surface area contributed by atoms with E-state index in [9.17, 15) is 49.4 Å². The number of alkyl halides is 9. The summed E-state index contributed by atoms with van der Waals surface area (Å²) in [6, 6.07) is 11.9. The number of carbonyl (C=O) groups is 1. The van der Waals surface area contributed by atoms with E-state index in [1.807, 2.05) is 11.4 Å². The van der Waals surface area contributed by atoms with E-state index >= 15 is 0 Å². The van der Waals surface area contributed by atoms with E-state index in [2.05, 4.69) is 4.74 Å². The lowest BCUT2D eigenvalue weighted by molar-refractivity contribution is -0.369. The first-order valence-corrected chi connectivity index (χ1v) is 10.5. The molecule has 0 aliphatic heterocycles.